The van der Waals surface area contributed by atoms with Crippen molar-refractivity contribution >= 4 is 11.6 Å². The first-order valence-electron chi connectivity index (χ1n) is 6.73. The fourth-order valence-corrected chi connectivity index (χ4v) is 2.29. The van der Waals surface area contributed by atoms with E-state index in [9.17, 15) is 0 Å². The van der Waals surface area contributed by atoms with Gasteiger partial charge in [0.05, 0.1) is 0 Å². The van der Waals surface area contributed by atoms with Crippen molar-refractivity contribution in [1.29, 1.82) is 0 Å². The minimum Gasteiger partial charge on any atom is -0.370 e. The van der Waals surface area contributed by atoms with Crippen LogP contribution in [0.1, 0.15) is 26.7 Å². The highest BCUT2D eigenvalue weighted by Gasteiger charge is 2.24. The van der Waals surface area contributed by atoms with Crippen LogP contribution in [0.3, 0.4) is 0 Å². The topological polar surface area (TPSA) is 67.1 Å². The summed E-state index contributed by atoms with van der Waals surface area (Å²) in [6.07, 6.45) is 3.99. The van der Waals surface area contributed by atoms with Crippen molar-refractivity contribution in [3.05, 3.63) is 12.4 Å². The van der Waals surface area contributed by atoms with Crippen molar-refractivity contribution in [3.63, 3.8) is 0 Å². The molecule has 1 aromatic rings. The van der Waals surface area contributed by atoms with Crippen molar-refractivity contribution in [3.8, 4) is 0 Å². The van der Waals surface area contributed by atoms with Crippen LogP contribution in [0.5, 0.6) is 0 Å². The van der Waals surface area contributed by atoms with Gasteiger partial charge in [0.25, 0.3) is 0 Å². The highest BCUT2D eigenvalue weighted by molar-refractivity contribution is 5.49. The van der Waals surface area contributed by atoms with E-state index >= 15 is 0 Å². The fraction of sp³-hybridized carbons (Fsp3) is 0.692. The van der Waals surface area contributed by atoms with E-state index < -0.39 is 0 Å². The van der Waals surface area contributed by atoms with Gasteiger partial charge in [-0.25, -0.2) is 9.97 Å². The number of nitrogens with zero attached hydrogens (tertiary/aromatic N) is 3. The van der Waals surface area contributed by atoms with Crippen LogP contribution < -0.4 is 16.0 Å². The molecule has 5 nitrogen and oxygen atoms in total. The SMILES string of the molecule is CC(C)CNc1cc(N2CCCC2CN)ncn1. The van der Waals surface area contributed by atoms with Crippen molar-refractivity contribution < 1.29 is 0 Å². The van der Waals surface area contributed by atoms with Crippen LogP contribution in [0.25, 0.3) is 0 Å². The lowest BCUT2D eigenvalue weighted by molar-refractivity contribution is 0.669. The second-order valence-electron chi connectivity index (χ2n) is 5.26. The van der Waals surface area contributed by atoms with Crippen LogP contribution in [-0.4, -0.2) is 35.6 Å². The van der Waals surface area contributed by atoms with E-state index in [2.05, 4.69) is 34.0 Å². The number of rotatable bonds is 5. The maximum atomic E-state index is 5.80. The summed E-state index contributed by atoms with van der Waals surface area (Å²) in [5, 5.41) is 3.33. The van der Waals surface area contributed by atoms with Crippen molar-refractivity contribution in [2.75, 3.05) is 29.9 Å². The molecule has 1 aromatic heterocycles. The monoisotopic (exact) mass is 249 g/mol. The third kappa shape index (κ3) is 3.10. The molecule has 0 saturated carbocycles. The molecule has 1 aliphatic heterocycles. The minimum absolute atomic E-state index is 0.429. The van der Waals surface area contributed by atoms with Gasteiger partial charge in [-0.2, -0.15) is 0 Å². The molecule has 18 heavy (non-hydrogen) atoms. The number of hydrogen-bond donors (Lipinski definition) is 2. The quantitative estimate of drug-likeness (QED) is 0.827. The first kappa shape index (κ1) is 13.1. The van der Waals surface area contributed by atoms with Gasteiger partial charge in [-0.1, -0.05) is 13.8 Å². The Bertz CT molecular complexity index is 379. The zero-order valence-corrected chi connectivity index (χ0v) is 11.3. The second kappa shape index (κ2) is 6.00. The Balaban J connectivity index is 2.06. The van der Waals surface area contributed by atoms with Gasteiger partial charge in [-0.3, -0.25) is 0 Å². The van der Waals surface area contributed by atoms with Gasteiger partial charge in [0, 0.05) is 31.7 Å². The summed E-state index contributed by atoms with van der Waals surface area (Å²) in [5.74, 6) is 2.49. The lowest BCUT2D eigenvalue weighted by Gasteiger charge is -2.24. The molecule has 2 rings (SSSR count). The molecule has 0 spiro atoms. The Morgan fingerprint density at radius 1 is 1.50 bits per heavy atom. The Morgan fingerprint density at radius 2 is 2.33 bits per heavy atom. The van der Waals surface area contributed by atoms with Crippen molar-refractivity contribution in [2.45, 2.75) is 32.7 Å². The molecule has 1 aliphatic rings. The predicted octanol–water partition coefficient (Wildman–Crippen LogP) is 1.47. The van der Waals surface area contributed by atoms with E-state index in [1.54, 1.807) is 6.33 Å². The predicted molar refractivity (Wildman–Crippen MR) is 74.8 cm³/mol. The third-order valence-corrected chi connectivity index (χ3v) is 3.29. The van der Waals surface area contributed by atoms with Gasteiger partial charge >= 0.3 is 0 Å². The minimum atomic E-state index is 0.429. The smallest absolute Gasteiger partial charge is 0.134 e. The lowest BCUT2D eigenvalue weighted by Crippen LogP contribution is -2.35. The molecule has 1 fully saturated rings. The number of aromatic nitrogens is 2. The van der Waals surface area contributed by atoms with Crippen LogP contribution in [0.2, 0.25) is 0 Å². The molecular weight excluding hydrogens is 226 g/mol. The van der Waals surface area contributed by atoms with Crippen LogP contribution in [0, 0.1) is 5.92 Å². The van der Waals surface area contributed by atoms with E-state index in [1.165, 1.54) is 6.42 Å². The molecule has 0 bridgehead atoms. The summed E-state index contributed by atoms with van der Waals surface area (Å²) in [6, 6.07) is 2.45. The maximum Gasteiger partial charge on any atom is 0.134 e. The average molecular weight is 249 g/mol. The Labute approximate surface area is 109 Å². The molecule has 5 heteroatoms. The van der Waals surface area contributed by atoms with E-state index in [0.29, 0.717) is 18.5 Å². The van der Waals surface area contributed by atoms with Gasteiger partial charge in [0.2, 0.25) is 0 Å². The number of nitrogens with one attached hydrogen (secondary N) is 1. The van der Waals surface area contributed by atoms with E-state index in [4.69, 9.17) is 5.73 Å². The highest BCUT2D eigenvalue weighted by atomic mass is 15.2. The molecule has 2 heterocycles. The van der Waals surface area contributed by atoms with Crippen LogP contribution in [0.4, 0.5) is 11.6 Å². The van der Waals surface area contributed by atoms with Gasteiger partial charge in [-0.15, -0.1) is 0 Å². The summed E-state index contributed by atoms with van der Waals surface area (Å²) in [4.78, 5) is 10.9. The normalized spacial score (nSPS) is 19.6. The Morgan fingerprint density at radius 3 is 3.06 bits per heavy atom. The van der Waals surface area contributed by atoms with E-state index in [-0.39, 0.29) is 0 Å². The summed E-state index contributed by atoms with van der Waals surface area (Å²) < 4.78 is 0. The Kier molecular flexibility index (Phi) is 4.36. The van der Waals surface area contributed by atoms with Crippen molar-refractivity contribution in [2.24, 2.45) is 11.7 Å². The molecule has 0 amide bonds. The summed E-state index contributed by atoms with van der Waals surface area (Å²) in [6.45, 7) is 7.03. The lowest BCUT2D eigenvalue weighted by atomic mass is 10.2. The van der Waals surface area contributed by atoms with Gasteiger partial charge in [0.15, 0.2) is 0 Å². The standard InChI is InChI=1S/C13H23N5/c1-10(2)8-15-12-6-13(17-9-16-12)18-5-3-4-11(18)7-14/h6,9-11H,3-5,7-8,14H2,1-2H3,(H,15,16,17). The number of hydrogen-bond acceptors (Lipinski definition) is 5. The van der Waals surface area contributed by atoms with Gasteiger partial charge in [-0.05, 0) is 18.8 Å². The summed E-state index contributed by atoms with van der Waals surface area (Å²) >= 11 is 0. The number of anilines is 2. The highest BCUT2D eigenvalue weighted by Crippen LogP contribution is 2.24. The summed E-state index contributed by atoms with van der Waals surface area (Å²) in [7, 11) is 0. The number of nitrogens with two attached hydrogens (primary N) is 1. The van der Waals surface area contributed by atoms with Crippen LogP contribution >= 0.6 is 0 Å². The second-order valence-corrected chi connectivity index (χ2v) is 5.26. The van der Waals surface area contributed by atoms with Crippen LogP contribution in [-0.2, 0) is 0 Å². The maximum absolute atomic E-state index is 5.80. The molecule has 0 aliphatic carbocycles. The summed E-state index contributed by atoms with van der Waals surface area (Å²) in [5.41, 5.74) is 5.80. The first-order chi connectivity index (χ1) is 8.70. The molecule has 1 atom stereocenters. The van der Waals surface area contributed by atoms with Crippen LogP contribution in [0.15, 0.2) is 12.4 Å². The van der Waals surface area contributed by atoms with Gasteiger partial charge in [0.1, 0.15) is 18.0 Å². The van der Waals surface area contributed by atoms with Crippen molar-refractivity contribution in [1.82, 2.24) is 9.97 Å². The van der Waals surface area contributed by atoms with Gasteiger partial charge < -0.3 is 16.0 Å². The third-order valence-electron chi connectivity index (χ3n) is 3.29. The molecule has 1 unspecified atom stereocenters. The zero-order chi connectivity index (χ0) is 13.0. The van der Waals surface area contributed by atoms with E-state index in [0.717, 1.165) is 31.1 Å². The first-order valence-corrected chi connectivity index (χ1v) is 6.73. The molecule has 0 radical (unpaired) electrons. The zero-order valence-electron chi connectivity index (χ0n) is 11.3. The molecule has 0 aromatic carbocycles. The molecule has 3 N–H and O–H groups in total. The van der Waals surface area contributed by atoms with E-state index in [1.807, 2.05) is 6.07 Å². The molecule has 1 saturated heterocycles. The molecular formula is C13H23N5. The Hall–Kier alpha value is -1.36. The average Bonchev–Trinajstić information content (AvgIpc) is 2.85. The fourth-order valence-electron chi connectivity index (χ4n) is 2.29. The largest absolute Gasteiger partial charge is 0.370 e. The molecule has 100 valence electrons.